The number of rotatable bonds is 5. The summed E-state index contributed by atoms with van der Waals surface area (Å²) in [5.74, 6) is 0.449. The van der Waals surface area contributed by atoms with E-state index in [-0.39, 0.29) is 24.1 Å². The Morgan fingerprint density at radius 2 is 2.19 bits per heavy atom. The Hall–Kier alpha value is -1.36. The van der Waals surface area contributed by atoms with Crippen LogP contribution in [0, 0.1) is 5.92 Å². The van der Waals surface area contributed by atoms with Gasteiger partial charge in [0.15, 0.2) is 5.82 Å². The van der Waals surface area contributed by atoms with Crippen molar-refractivity contribution >= 4 is 5.82 Å². The van der Waals surface area contributed by atoms with E-state index in [1.165, 1.54) is 0 Å². The SMILES string of the molecule is CC(CO)CNc1nccn(C(C)C)c1=O. The van der Waals surface area contributed by atoms with E-state index in [0.29, 0.717) is 12.4 Å². The molecule has 0 aromatic carbocycles. The lowest BCUT2D eigenvalue weighted by atomic mass is 10.2. The van der Waals surface area contributed by atoms with Gasteiger partial charge in [0, 0.05) is 31.6 Å². The molecule has 0 aliphatic heterocycles. The first-order valence-corrected chi connectivity index (χ1v) is 5.48. The Morgan fingerprint density at radius 1 is 1.50 bits per heavy atom. The summed E-state index contributed by atoms with van der Waals surface area (Å²) in [7, 11) is 0. The van der Waals surface area contributed by atoms with Crippen LogP contribution in [0.3, 0.4) is 0 Å². The first-order chi connectivity index (χ1) is 7.56. The number of anilines is 1. The van der Waals surface area contributed by atoms with E-state index in [2.05, 4.69) is 10.3 Å². The number of nitrogens with zero attached hydrogens (tertiary/aromatic N) is 2. The lowest BCUT2D eigenvalue weighted by Crippen LogP contribution is -2.27. The molecule has 0 aliphatic rings. The standard InChI is InChI=1S/C11H19N3O2/c1-8(2)14-5-4-12-10(11(14)16)13-6-9(3)7-15/h4-5,8-9,15H,6-7H2,1-3H3,(H,12,13). The number of aliphatic hydroxyl groups is 1. The zero-order valence-electron chi connectivity index (χ0n) is 9.97. The largest absolute Gasteiger partial charge is 0.396 e. The van der Waals surface area contributed by atoms with Crippen LogP contribution in [0.15, 0.2) is 17.2 Å². The van der Waals surface area contributed by atoms with E-state index in [0.717, 1.165) is 0 Å². The molecule has 1 aromatic rings. The van der Waals surface area contributed by atoms with Crippen molar-refractivity contribution in [2.75, 3.05) is 18.5 Å². The molecule has 0 amide bonds. The molecule has 1 heterocycles. The van der Waals surface area contributed by atoms with Crippen molar-refractivity contribution in [1.82, 2.24) is 9.55 Å². The average molecular weight is 225 g/mol. The molecule has 5 heteroatoms. The van der Waals surface area contributed by atoms with Crippen molar-refractivity contribution in [1.29, 1.82) is 0 Å². The summed E-state index contributed by atoms with van der Waals surface area (Å²) in [6.07, 6.45) is 3.28. The number of hydrogen-bond donors (Lipinski definition) is 2. The van der Waals surface area contributed by atoms with Gasteiger partial charge in [0.1, 0.15) is 0 Å². The second-order valence-corrected chi connectivity index (χ2v) is 4.25. The molecule has 0 saturated carbocycles. The third-order valence-electron chi connectivity index (χ3n) is 2.35. The van der Waals surface area contributed by atoms with Gasteiger partial charge in [-0.25, -0.2) is 4.98 Å². The van der Waals surface area contributed by atoms with Crippen LogP contribution in [0.5, 0.6) is 0 Å². The normalized spacial score (nSPS) is 12.8. The van der Waals surface area contributed by atoms with Crippen molar-refractivity contribution in [3.8, 4) is 0 Å². The fourth-order valence-corrected chi connectivity index (χ4v) is 1.29. The predicted molar refractivity (Wildman–Crippen MR) is 63.6 cm³/mol. The van der Waals surface area contributed by atoms with Gasteiger partial charge in [0.05, 0.1) is 0 Å². The van der Waals surface area contributed by atoms with Crippen LogP contribution in [0.2, 0.25) is 0 Å². The van der Waals surface area contributed by atoms with Crippen molar-refractivity contribution < 1.29 is 5.11 Å². The minimum Gasteiger partial charge on any atom is -0.396 e. The first-order valence-electron chi connectivity index (χ1n) is 5.48. The summed E-state index contributed by atoms with van der Waals surface area (Å²) >= 11 is 0. The molecule has 0 spiro atoms. The van der Waals surface area contributed by atoms with Crippen LogP contribution in [-0.2, 0) is 0 Å². The van der Waals surface area contributed by atoms with E-state index in [9.17, 15) is 4.79 Å². The number of nitrogens with one attached hydrogen (secondary N) is 1. The van der Waals surface area contributed by atoms with E-state index < -0.39 is 0 Å². The van der Waals surface area contributed by atoms with E-state index in [1.807, 2.05) is 20.8 Å². The van der Waals surface area contributed by atoms with Crippen LogP contribution >= 0.6 is 0 Å². The van der Waals surface area contributed by atoms with Gasteiger partial charge in [-0.3, -0.25) is 4.79 Å². The molecule has 1 rings (SSSR count). The number of aliphatic hydroxyl groups excluding tert-OH is 1. The number of hydrogen-bond acceptors (Lipinski definition) is 4. The van der Waals surface area contributed by atoms with Crippen LogP contribution in [0.25, 0.3) is 0 Å². The lowest BCUT2D eigenvalue weighted by Gasteiger charge is -2.13. The fraction of sp³-hybridized carbons (Fsp3) is 0.636. The smallest absolute Gasteiger partial charge is 0.293 e. The van der Waals surface area contributed by atoms with Gasteiger partial charge in [-0.05, 0) is 19.8 Å². The van der Waals surface area contributed by atoms with Crippen molar-refractivity contribution in [3.05, 3.63) is 22.7 Å². The monoisotopic (exact) mass is 225 g/mol. The fourth-order valence-electron chi connectivity index (χ4n) is 1.29. The maximum absolute atomic E-state index is 11.9. The zero-order chi connectivity index (χ0) is 12.1. The molecule has 5 nitrogen and oxygen atoms in total. The summed E-state index contributed by atoms with van der Waals surface area (Å²) in [5, 5.41) is 11.8. The summed E-state index contributed by atoms with van der Waals surface area (Å²) in [6, 6.07) is 0.117. The highest BCUT2D eigenvalue weighted by Crippen LogP contribution is 2.02. The molecule has 1 unspecified atom stereocenters. The maximum Gasteiger partial charge on any atom is 0.293 e. The molecule has 0 saturated heterocycles. The molecule has 2 N–H and O–H groups in total. The third kappa shape index (κ3) is 3.06. The molecule has 90 valence electrons. The summed E-state index contributed by atoms with van der Waals surface area (Å²) in [4.78, 5) is 15.9. The molecule has 1 aromatic heterocycles. The highest BCUT2D eigenvalue weighted by Gasteiger charge is 2.07. The minimum atomic E-state index is -0.123. The molecule has 0 fully saturated rings. The lowest BCUT2D eigenvalue weighted by molar-refractivity contribution is 0.244. The number of aromatic nitrogens is 2. The molecule has 1 atom stereocenters. The second-order valence-electron chi connectivity index (χ2n) is 4.25. The summed E-state index contributed by atoms with van der Waals surface area (Å²) < 4.78 is 1.62. The summed E-state index contributed by atoms with van der Waals surface area (Å²) in [5.41, 5.74) is -0.123. The van der Waals surface area contributed by atoms with Gasteiger partial charge in [0.25, 0.3) is 5.56 Å². The Labute approximate surface area is 95.1 Å². The highest BCUT2D eigenvalue weighted by atomic mass is 16.3. The van der Waals surface area contributed by atoms with Crippen LogP contribution < -0.4 is 10.9 Å². The van der Waals surface area contributed by atoms with Crippen molar-refractivity contribution in [2.45, 2.75) is 26.8 Å². The molecule has 0 aliphatic carbocycles. The van der Waals surface area contributed by atoms with Crippen LogP contribution in [0.4, 0.5) is 5.82 Å². The maximum atomic E-state index is 11.9. The van der Waals surface area contributed by atoms with Crippen LogP contribution in [-0.4, -0.2) is 27.8 Å². The third-order valence-corrected chi connectivity index (χ3v) is 2.35. The average Bonchev–Trinajstić information content (AvgIpc) is 2.26. The van der Waals surface area contributed by atoms with E-state index >= 15 is 0 Å². The highest BCUT2D eigenvalue weighted by molar-refractivity contribution is 5.30. The second kappa shape index (κ2) is 5.65. The first kappa shape index (κ1) is 12.7. The zero-order valence-corrected chi connectivity index (χ0v) is 9.97. The van der Waals surface area contributed by atoms with Gasteiger partial charge in [0.2, 0.25) is 0 Å². The topological polar surface area (TPSA) is 67.2 Å². The van der Waals surface area contributed by atoms with Gasteiger partial charge >= 0.3 is 0 Å². The van der Waals surface area contributed by atoms with Crippen molar-refractivity contribution in [2.24, 2.45) is 5.92 Å². The molecule has 16 heavy (non-hydrogen) atoms. The van der Waals surface area contributed by atoms with Gasteiger partial charge < -0.3 is 15.0 Å². The Kier molecular flexibility index (Phi) is 4.49. The predicted octanol–water partition coefficient (Wildman–Crippen LogP) is 0.864. The van der Waals surface area contributed by atoms with Gasteiger partial charge in [-0.15, -0.1) is 0 Å². The van der Waals surface area contributed by atoms with E-state index in [4.69, 9.17) is 5.11 Å². The van der Waals surface area contributed by atoms with Gasteiger partial charge in [-0.2, -0.15) is 0 Å². The molecule has 0 bridgehead atoms. The molecular weight excluding hydrogens is 206 g/mol. The van der Waals surface area contributed by atoms with E-state index in [1.54, 1.807) is 17.0 Å². The van der Waals surface area contributed by atoms with Gasteiger partial charge in [-0.1, -0.05) is 6.92 Å². The molecular formula is C11H19N3O2. The summed E-state index contributed by atoms with van der Waals surface area (Å²) in [6.45, 7) is 6.43. The Bertz CT molecular complexity index is 387. The quantitative estimate of drug-likeness (QED) is 0.780. The van der Waals surface area contributed by atoms with Crippen molar-refractivity contribution in [3.63, 3.8) is 0 Å². The molecule has 0 radical (unpaired) electrons. The minimum absolute atomic E-state index is 0.0954. The Balaban J connectivity index is 2.82. The van der Waals surface area contributed by atoms with Crippen LogP contribution in [0.1, 0.15) is 26.8 Å². The Morgan fingerprint density at radius 3 is 2.75 bits per heavy atom.